The smallest absolute Gasteiger partial charge is 0.191 e. The standard InChI is InChI=1S/C19H27N3OS2.HI/c1-3-20-19(22-13-16(2)18-9-11-24-14-18)21-10-12-25(23)15-17-7-5-4-6-8-17;/h4-9,11,14,16H,3,10,12-13,15H2,1-2H3,(H2,20,21,22);1H. The maximum atomic E-state index is 12.2. The van der Waals surface area contributed by atoms with Crippen LogP contribution in [0.2, 0.25) is 0 Å². The van der Waals surface area contributed by atoms with Crippen LogP contribution in [0.1, 0.15) is 30.9 Å². The Morgan fingerprint density at radius 1 is 1.23 bits per heavy atom. The third-order valence-corrected chi connectivity index (χ3v) is 5.79. The van der Waals surface area contributed by atoms with Gasteiger partial charge >= 0.3 is 0 Å². The predicted octanol–water partition coefficient (Wildman–Crippen LogP) is 3.97. The van der Waals surface area contributed by atoms with Gasteiger partial charge in [0.1, 0.15) is 0 Å². The molecule has 4 nitrogen and oxygen atoms in total. The van der Waals surface area contributed by atoms with Crippen LogP contribution in [-0.4, -0.2) is 35.6 Å². The second-order valence-electron chi connectivity index (χ2n) is 5.88. The molecule has 144 valence electrons. The minimum atomic E-state index is -0.872. The fraction of sp³-hybridized carbons (Fsp3) is 0.421. The lowest BCUT2D eigenvalue weighted by Gasteiger charge is -2.13. The topological polar surface area (TPSA) is 53.5 Å². The van der Waals surface area contributed by atoms with Crippen LogP contribution in [-0.2, 0) is 16.6 Å². The lowest BCUT2D eigenvalue weighted by Crippen LogP contribution is -2.39. The van der Waals surface area contributed by atoms with Crippen molar-refractivity contribution >= 4 is 52.1 Å². The first-order chi connectivity index (χ1) is 12.2. The number of guanidine groups is 1. The minimum Gasteiger partial charge on any atom is -0.357 e. The molecule has 0 aliphatic heterocycles. The average Bonchev–Trinajstić information content (AvgIpc) is 3.15. The van der Waals surface area contributed by atoms with Crippen LogP contribution in [0.3, 0.4) is 0 Å². The third-order valence-electron chi connectivity index (χ3n) is 3.77. The van der Waals surface area contributed by atoms with Gasteiger partial charge < -0.3 is 10.6 Å². The first-order valence-electron chi connectivity index (χ1n) is 8.62. The number of hydrogen-bond acceptors (Lipinski definition) is 3. The van der Waals surface area contributed by atoms with Crippen molar-refractivity contribution < 1.29 is 4.21 Å². The molecular formula is C19H28IN3OS2. The highest BCUT2D eigenvalue weighted by molar-refractivity contribution is 14.0. The Balaban J connectivity index is 0.00000338. The number of benzene rings is 1. The van der Waals surface area contributed by atoms with E-state index in [0.29, 0.717) is 24.0 Å². The van der Waals surface area contributed by atoms with E-state index in [0.717, 1.165) is 24.6 Å². The van der Waals surface area contributed by atoms with Crippen molar-refractivity contribution in [2.45, 2.75) is 25.5 Å². The van der Waals surface area contributed by atoms with E-state index >= 15 is 0 Å². The number of nitrogens with zero attached hydrogens (tertiary/aromatic N) is 1. The molecule has 0 aliphatic rings. The van der Waals surface area contributed by atoms with Crippen LogP contribution in [0.4, 0.5) is 0 Å². The van der Waals surface area contributed by atoms with Gasteiger partial charge in [-0.15, -0.1) is 24.0 Å². The van der Waals surface area contributed by atoms with Crippen molar-refractivity contribution in [1.82, 2.24) is 10.6 Å². The van der Waals surface area contributed by atoms with E-state index in [2.05, 4.69) is 39.4 Å². The number of nitrogens with one attached hydrogen (secondary N) is 2. The first-order valence-corrected chi connectivity index (χ1v) is 11.0. The van der Waals surface area contributed by atoms with Gasteiger partial charge in [-0.05, 0) is 34.9 Å². The van der Waals surface area contributed by atoms with Crippen molar-refractivity contribution in [3.63, 3.8) is 0 Å². The second kappa shape index (κ2) is 13.3. The quantitative estimate of drug-likeness (QED) is 0.308. The highest BCUT2D eigenvalue weighted by Crippen LogP contribution is 2.18. The van der Waals surface area contributed by atoms with E-state index in [9.17, 15) is 4.21 Å². The van der Waals surface area contributed by atoms with E-state index in [-0.39, 0.29) is 24.0 Å². The second-order valence-corrected chi connectivity index (χ2v) is 8.23. The number of aliphatic imine (C=N–C) groups is 1. The van der Waals surface area contributed by atoms with Crippen molar-refractivity contribution in [1.29, 1.82) is 0 Å². The van der Waals surface area contributed by atoms with Gasteiger partial charge in [0.25, 0.3) is 0 Å². The molecule has 0 amide bonds. The van der Waals surface area contributed by atoms with Gasteiger partial charge in [-0.3, -0.25) is 9.20 Å². The summed E-state index contributed by atoms with van der Waals surface area (Å²) in [6.07, 6.45) is 0. The molecule has 0 bridgehead atoms. The third kappa shape index (κ3) is 8.64. The molecule has 2 N–H and O–H groups in total. The molecule has 2 aromatic rings. The van der Waals surface area contributed by atoms with E-state index in [1.807, 2.05) is 37.3 Å². The molecule has 1 aromatic carbocycles. The van der Waals surface area contributed by atoms with Crippen molar-refractivity contribution in [3.05, 3.63) is 58.3 Å². The van der Waals surface area contributed by atoms with Crippen LogP contribution >= 0.6 is 35.3 Å². The SMILES string of the molecule is CCNC(=NCC(C)c1ccsc1)NCCS(=O)Cc1ccccc1.I. The summed E-state index contributed by atoms with van der Waals surface area (Å²) in [5, 5.41) is 10.8. The molecule has 7 heteroatoms. The van der Waals surface area contributed by atoms with Crippen LogP contribution < -0.4 is 10.6 Å². The maximum absolute atomic E-state index is 12.2. The Morgan fingerprint density at radius 2 is 2.00 bits per heavy atom. The van der Waals surface area contributed by atoms with E-state index in [1.165, 1.54) is 5.56 Å². The van der Waals surface area contributed by atoms with Gasteiger partial charge in [0, 0.05) is 47.9 Å². The van der Waals surface area contributed by atoms with Crippen LogP contribution in [0.25, 0.3) is 0 Å². The summed E-state index contributed by atoms with van der Waals surface area (Å²) >= 11 is 1.72. The number of thiophene rings is 1. The number of hydrogen-bond donors (Lipinski definition) is 2. The molecule has 1 aromatic heterocycles. The monoisotopic (exact) mass is 505 g/mol. The Morgan fingerprint density at radius 3 is 2.65 bits per heavy atom. The summed E-state index contributed by atoms with van der Waals surface area (Å²) in [5.41, 5.74) is 2.44. The maximum Gasteiger partial charge on any atom is 0.191 e. The van der Waals surface area contributed by atoms with Crippen LogP contribution in [0.5, 0.6) is 0 Å². The van der Waals surface area contributed by atoms with Gasteiger partial charge in [-0.25, -0.2) is 0 Å². The normalized spacial score (nSPS) is 13.5. The van der Waals surface area contributed by atoms with Gasteiger partial charge in [0.15, 0.2) is 5.96 Å². The Kier molecular flexibility index (Phi) is 11.8. The molecule has 2 unspecified atom stereocenters. The molecule has 0 spiro atoms. The fourth-order valence-corrected chi connectivity index (χ4v) is 4.17. The first kappa shape index (κ1) is 23.1. The lowest BCUT2D eigenvalue weighted by molar-refractivity contribution is 0.680. The molecule has 0 saturated carbocycles. The summed E-state index contributed by atoms with van der Waals surface area (Å²) in [5.74, 6) is 2.40. The van der Waals surface area contributed by atoms with E-state index in [4.69, 9.17) is 0 Å². The highest BCUT2D eigenvalue weighted by Gasteiger charge is 2.06. The van der Waals surface area contributed by atoms with Crippen molar-refractivity contribution in [2.75, 3.05) is 25.4 Å². The Bertz CT molecular complexity index is 663. The minimum absolute atomic E-state index is 0. The van der Waals surface area contributed by atoms with Gasteiger partial charge in [-0.1, -0.05) is 37.3 Å². The van der Waals surface area contributed by atoms with Crippen molar-refractivity contribution in [3.8, 4) is 0 Å². The largest absolute Gasteiger partial charge is 0.357 e. The molecule has 0 radical (unpaired) electrons. The molecular weight excluding hydrogens is 477 g/mol. The average molecular weight is 505 g/mol. The summed E-state index contributed by atoms with van der Waals surface area (Å²) in [6.45, 7) is 6.43. The molecule has 2 atom stereocenters. The van der Waals surface area contributed by atoms with Crippen LogP contribution in [0, 0.1) is 0 Å². The zero-order valence-corrected chi connectivity index (χ0v) is 19.3. The summed E-state index contributed by atoms with van der Waals surface area (Å²) in [6, 6.07) is 12.1. The molecule has 1 heterocycles. The lowest BCUT2D eigenvalue weighted by atomic mass is 10.1. The van der Waals surface area contributed by atoms with Crippen LogP contribution in [0.15, 0.2) is 52.2 Å². The fourth-order valence-electron chi connectivity index (χ4n) is 2.35. The van der Waals surface area contributed by atoms with Crippen molar-refractivity contribution in [2.24, 2.45) is 4.99 Å². The Hall–Kier alpha value is -0.930. The summed E-state index contributed by atoms with van der Waals surface area (Å²) in [4.78, 5) is 4.65. The van der Waals surface area contributed by atoms with Gasteiger partial charge in [0.05, 0.1) is 0 Å². The summed E-state index contributed by atoms with van der Waals surface area (Å²) < 4.78 is 12.2. The number of halogens is 1. The van der Waals surface area contributed by atoms with E-state index in [1.54, 1.807) is 11.3 Å². The molecule has 26 heavy (non-hydrogen) atoms. The molecule has 0 saturated heterocycles. The predicted molar refractivity (Wildman–Crippen MR) is 125 cm³/mol. The number of rotatable bonds is 9. The molecule has 2 rings (SSSR count). The van der Waals surface area contributed by atoms with Gasteiger partial charge in [-0.2, -0.15) is 11.3 Å². The molecule has 0 aliphatic carbocycles. The summed E-state index contributed by atoms with van der Waals surface area (Å²) in [7, 11) is -0.872. The van der Waals surface area contributed by atoms with E-state index < -0.39 is 10.8 Å². The Labute approximate surface area is 180 Å². The van der Waals surface area contributed by atoms with Gasteiger partial charge in [0.2, 0.25) is 0 Å². The molecule has 0 fully saturated rings. The highest BCUT2D eigenvalue weighted by atomic mass is 127. The zero-order chi connectivity index (χ0) is 17.9. The zero-order valence-electron chi connectivity index (χ0n) is 15.3.